The van der Waals surface area contributed by atoms with Crippen LogP contribution in [-0.4, -0.2) is 15.5 Å². The number of rotatable bonds is 4. The third-order valence-electron chi connectivity index (χ3n) is 2.29. The van der Waals surface area contributed by atoms with E-state index in [1.165, 1.54) is 6.08 Å². The molecule has 4 heteroatoms. The van der Waals surface area contributed by atoms with E-state index in [2.05, 4.69) is 16.9 Å². The van der Waals surface area contributed by atoms with Crippen LogP contribution in [0.15, 0.2) is 25.0 Å². The first kappa shape index (κ1) is 11.5. The fraction of sp³-hybridized carbons (Fsp3) is 0.455. The Balaban J connectivity index is 2.88. The van der Waals surface area contributed by atoms with E-state index < -0.39 is 0 Å². The molecule has 0 saturated carbocycles. The highest BCUT2D eigenvalue weighted by Gasteiger charge is 2.20. The molecule has 1 aromatic rings. The zero-order valence-corrected chi connectivity index (χ0v) is 9.40. The Hall–Kier alpha value is -1.58. The zero-order chi connectivity index (χ0) is 11.4. The molecule has 0 aliphatic rings. The highest BCUT2D eigenvalue weighted by atomic mass is 16.1. The highest BCUT2D eigenvalue weighted by molar-refractivity contribution is 5.87. The van der Waals surface area contributed by atoms with Crippen LogP contribution in [0.2, 0.25) is 0 Å². The van der Waals surface area contributed by atoms with Gasteiger partial charge in [-0.1, -0.05) is 20.4 Å². The van der Waals surface area contributed by atoms with Gasteiger partial charge in [-0.2, -0.15) is 0 Å². The molecule has 0 fully saturated rings. The Kier molecular flexibility index (Phi) is 3.66. The maximum atomic E-state index is 11.3. The Morgan fingerprint density at radius 3 is 2.73 bits per heavy atom. The molecular weight excluding hydrogens is 190 g/mol. The summed E-state index contributed by atoms with van der Waals surface area (Å²) in [5.74, 6) is 0.979. The van der Waals surface area contributed by atoms with Gasteiger partial charge in [0.2, 0.25) is 5.91 Å². The standard InChI is InChI=1S/C11H17N3O/c1-5-9(15)13-10(8(2)3)11-12-6-7-14(11)4/h5-8,10H,1H2,2-4H3,(H,13,15). The highest BCUT2D eigenvalue weighted by Crippen LogP contribution is 2.19. The van der Waals surface area contributed by atoms with Gasteiger partial charge in [0, 0.05) is 19.4 Å². The minimum absolute atomic E-state index is 0.0736. The SMILES string of the molecule is C=CC(=O)NC(c1nccn1C)C(C)C. The van der Waals surface area contributed by atoms with Crippen LogP contribution >= 0.6 is 0 Å². The van der Waals surface area contributed by atoms with Crippen LogP contribution in [0, 0.1) is 5.92 Å². The number of aromatic nitrogens is 2. The second kappa shape index (κ2) is 4.77. The minimum Gasteiger partial charge on any atom is -0.342 e. The number of nitrogens with zero attached hydrogens (tertiary/aromatic N) is 2. The molecule has 4 nitrogen and oxygen atoms in total. The topological polar surface area (TPSA) is 46.9 Å². The monoisotopic (exact) mass is 207 g/mol. The average Bonchev–Trinajstić information content (AvgIpc) is 2.60. The van der Waals surface area contributed by atoms with Crippen molar-refractivity contribution in [2.75, 3.05) is 0 Å². The third-order valence-corrected chi connectivity index (χ3v) is 2.29. The average molecular weight is 207 g/mol. The first-order valence-corrected chi connectivity index (χ1v) is 4.96. The van der Waals surface area contributed by atoms with Gasteiger partial charge in [-0.05, 0) is 12.0 Å². The van der Waals surface area contributed by atoms with E-state index in [0.717, 1.165) is 5.82 Å². The molecule has 1 rings (SSSR count). The molecule has 0 aromatic carbocycles. The fourth-order valence-electron chi connectivity index (χ4n) is 1.42. The van der Waals surface area contributed by atoms with Gasteiger partial charge in [-0.25, -0.2) is 4.98 Å². The van der Waals surface area contributed by atoms with Crippen molar-refractivity contribution in [3.8, 4) is 0 Å². The molecule has 0 bridgehead atoms. The van der Waals surface area contributed by atoms with Crippen molar-refractivity contribution in [3.05, 3.63) is 30.9 Å². The van der Waals surface area contributed by atoms with Gasteiger partial charge in [0.1, 0.15) is 5.82 Å². The number of hydrogen-bond acceptors (Lipinski definition) is 2. The predicted octanol–water partition coefficient (Wildman–Crippen LogP) is 1.42. The summed E-state index contributed by atoms with van der Waals surface area (Å²) in [5, 5.41) is 2.87. The van der Waals surface area contributed by atoms with E-state index >= 15 is 0 Å². The number of carbonyl (C=O) groups excluding carboxylic acids is 1. The van der Waals surface area contributed by atoms with Gasteiger partial charge >= 0.3 is 0 Å². The largest absolute Gasteiger partial charge is 0.342 e. The van der Waals surface area contributed by atoms with Crippen LogP contribution < -0.4 is 5.32 Å². The predicted molar refractivity (Wildman–Crippen MR) is 59.1 cm³/mol. The molecule has 1 unspecified atom stereocenters. The number of hydrogen-bond donors (Lipinski definition) is 1. The fourth-order valence-corrected chi connectivity index (χ4v) is 1.42. The Bertz CT molecular complexity index is 354. The molecule has 0 saturated heterocycles. The number of carbonyl (C=O) groups is 1. The molecule has 82 valence electrons. The molecular formula is C11H17N3O. The molecule has 0 aliphatic carbocycles. The molecule has 0 aliphatic heterocycles. The van der Waals surface area contributed by atoms with Gasteiger partial charge < -0.3 is 9.88 Å². The van der Waals surface area contributed by atoms with E-state index in [1.54, 1.807) is 6.20 Å². The minimum atomic E-state index is -0.170. The van der Waals surface area contributed by atoms with Gasteiger partial charge in [-0.15, -0.1) is 0 Å². The molecule has 1 heterocycles. The van der Waals surface area contributed by atoms with Crippen LogP contribution in [0.4, 0.5) is 0 Å². The quantitative estimate of drug-likeness (QED) is 0.759. The molecule has 1 N–H and O–H groups in total. The molecule has 15 heavy (non-hydrogen) atoms. The number of amides is 1. The first-order valence-electron chi connectivity index (χ1n) is 4.96. The normalized spacial score (nSPS) is 12.5. The molecule has 0 spiro atoms. The lowest BCUT2D eigenvalue weighted by Crippen LogP contribution is -2.32. The van der Waals surface area contributed by atoms with E-state index in [4.69, 9.17) is 0 Å². The summed E-state index contributed by atoms with van der Waals surface area (Å²) >= 11 is 0. The van der Waals surface area contributed by atoms with Crippen LogP contribution in [0.3, 0.4) is 0 Å². The van der Waals surface area contributed by atoms with Crippen molar-refractivity contribution < 1.29 is 4.79 Å². The van der Waals surface area contributed by atoms with E-state index in [1.807, 2.05) is 31.7 Å². The smallest absolute Gasteiger partial charge is 0.243 e. The summed E-state index contributed by atoms with van der Waals surface area (Å²) in [5.41, 5.74) is 0. The van der Waals surface area contributed by atoms with E-state index in [-0.39, 0.29) is 17.9 Å². The Labute approximate surface area is 90.0 Å². The summed E-state index contributed by atoms with van der Waals surface area (Å²) in [6.45, 7) is 7.53. The Morgan fingerprint density at radius 1 is 1.67 bits per heavy atom. The molecule has 1 aromatic heterocycles. The second-order valence-electron chi connectivity index (χ2n) is 3.83. The lowest BCUT2D eigenvalue weighted by molar-refractivity contribution is -0.117. The van der Waals surface area contributed by atoms with Gasteiger partial charge in [0.15, 0.2) is 0 Å². The summed E-state index contributed by atoms with van der Waals surface area (Å²) in [4.78, 5) is 15.5. The van der Waals surface area contributed by atoms with Crippen LogP contribution in [0.5, 0.6) is 0 Å². The summed E-state index contributed by atoms with van der Waals surface area (Å²) in [7, 11) is 1.91. The zero-order valence-electron chi connectivity index (χ0n) is 9.40. The van der Waals surface area contributed by atoms with Crippen molar-refractivity contribution >= 4 is 5.91 Å². The van der Waals surface area contributed by atoms with Crippen molar-refractivity contribution in [2.24, 2.45) is 13.0 Å². The molecule has 0 radical (unpaired) electrons. The summed E-state index contributed by atoms with van der Waals surface area (Å²) in [6, 6.07) is -0.0736. The maximum absolute atomic E-state index is 11.3. The lowest BCUT2D eigenvalue weighted by Gasteiger charge is -2.21. The van der Waals surface area contributed by atoms with Crippen LogP contribution in [-0.2, 0) is 11.8 Å². The summed E-state index contributed by atoms with van der Waals surface area (Å²) in [6.07, 6.45) is 4.87. The van der Waals surface area contributed by atoms with Crippen molar-refractivity contribution in [1.29, 1.82) is 0 Å². The van der Waals surface area contributed by atoms with Gasteiger partial charge in [0.05, 0.1) is 6.04 Å². The van der Waals surface area contributed by atoms with Crippen molar-refractivity contribution in [2.45, 2.75) is 19.9 Å². The van der Waals surface area contributed by atoms with Crippen molar-refractivity contribution in [1.82, 2.24) is 14.9 Å². The second-order valence-corrected chi connectivity index (χ2v) is 3.83. The number of imidazole rings is 1. The van der Waals surface area contributed by atoms with E-state index in [9.17, 15) is 4.79 Å². The lowest BCUT2D eigenvalue weighted by atomic mass is 10.0. The van der Waals surface area contributed by atoms with Crippen molar-refractivity contribution in [3.63, 3.8) is 0 Å². The van der Waals surface area contributed by atoms with E-state index in [0.29, 0.717) is 0 Å². The van der Waals surface area contributed by atoms with Gasteiger partial charge in [0.25, 0.3) is 0 Å². The third kappa shape index (κ3) is 2.68. The number of nitrogens with one attached hydrogen (secondary N) is 1. The number of aryl methyl sites for hydroxylation is 1. The molecule has 1 amide bonds. The first-order chi connectivity index (χ1) is 7.06. The van der Waals surface area contributed by atoms with Crippen LogP contribution in [0.25, 0.3) is 0 Å². The maximum Gasteiger partial charge on any atom is 0.243 e. The van der Waals surface area contributed by atoms with Gasteiger partial charge in [-0.3, -0.25) is 4.79 Å². The summed E-state index contributed by atoms with van der Waals surface area (Å²) < 4.78 is 1.91. The van der Waals surface area contributed by atoms with Crippen LogP contribution in [0.1, 0.15) is 25.7 Å². The Morgan fingerprint density at radius 2 is 2.33 bits per heavy atom. The molecule has 1 atom stereocenters.